The normalized spacial score (nSPS) is 14.9. The molecule has 0 aromatic carbocycles. The molecule has 0 amide bonds. The van der Waals surface area contributed by atoms with E-state index in [0.717, 1.165) is 19.3 Å². The molecule has 0 aromatic rings. The number of ketones is 1. The summed E-state index contributed by atoms with van der Waals surface area (Å²) in [5, 5.41) is 17.9. The maximum Gasteiger partial charge on any atom is 0.473 e. The van der Waals surface area contributed by atoms with E-state index >= 15 is 0 Å². The van der Waals surface area contributed by atoms with Crippen molar-refractivity contribution in [2.45, 2.75) is 122 Å². The molecule has 0 aliphatic rings. The molecule has 10 heteroatoms. The van der Waals surface area contributed by atoms with Gasteiger partial charge in [-0.25, -0.2) is 4.57 Å². The Balaban J connectivity index is 0. The van der Waals surface area contributed by atoms with Gasteiger partial charge in [-0.15, -0.1) is 0 Å². The number of unbranched alkanes of at least 4 members (excludes halogenated alkanes) is 14. The third-order valence-corrected chi connectivity index (χ3v) is 6.50. The largest absolute Gasteiger partial charge is 0.473 e. The minimum Gasteiger partial charge on any atom is -0.394 e. The van der Waals surface area contributed by atoms with Gasteiger partial charge in [0.15, 0.2) is 5.78 Å². The van der Waals surface area contributed by atoms with Gasteiger partial charge in [-0.1, -0.05) is 96.8 Å². The van der Waals surface area contributed by atoms with E-state index in [1.54, 1.807) is 0 Å². The molecule has 3 atom stereocenters. The van der Waals surface area contributed by atoms with Gasteiger partial charge in [0.1, 0.15) is 12.2 Å². The average Bonchev–Trinajstić information content (AvgIpc) is 2.78. The molecule has 0 aliphatic carbocycles. The molecular weight excluding hydrogens is 456 g/mol. The number of Topliss-reactive ketones (excluding diaryl/α,β-unsaturated/α-hetero) is 1. The van der Waals surface area contributed by atoms with Gasteiger partial charge in [0.2, 0.25) is 0 Å². The number of phosphoric acid groups is 1. The minimum absolute atomic E-state index is 0. The summed E-state index contributed by atoms with van der Waals surface area (Å²) in [7, 11) is -4.53. The molecule has 0 saturated carbocycles. The van der Waals surface area contributed by atoms with Crippen molar-refractivity contribution in [1.29, 1.82) is 0 Å². The van der Waals surface area contributed by atoms with E-state index in [9.17, 15) is 14.3 Å². The molecule has 1 radical (unpaired) electrons. The second-order valence-electron chi connectivity index (χ2n) is 8.60. The van der Waals surface area contributed by atoms with E-state index in [1.165, 1.54) is 70.6 Å². The molecule has 8 nitrogen and oxygen atoms in total. The van der Waals surface area contributed by atoms with E-state index in [1.807, 2.05) is 0 Å². The molecule has 0 rings (SSSR count). The Hall–Kier alpha value is 0.660. The summed E-state index contributed by atoms with van der Waals surface area (Å²) in [5.41, 5.74) is 5.50. The first-order chi connectivity index (χ1) is 15.4. The fourth-order valence-corrected chi connectivity index (χ4v) is 4.44. The monoisotopic (exact) mass is 504 g/mol. The Bertz CT molecular complexity index is 499. The van der Waals surface area contributed by atoms with Crippen LogP contribution in [0.2, 0.25) is 0 Å². The quantitative estimate of drug-likeness (QED) is 0.0869. The molecule has 0 heterocycles. The summed E-state index contributed by atoms with van der Waals surface area (Å²) in [4.78, 5) is 21.8. The van der Waals surface area contributed by atoms with Crippen LogP contribution in [0.25, 0.3) is 0 Å². The van der Waals surface area contributed by atoms with E-state index in [0.29, 0.717) is 6.42 Å². The number of hydrogen-bond donors (Lipinski definition) is 4. The van der Waals surface area contributed by atoms with Crippen LogP contribution in [0.4, 0.5) is 0 Å². The van der Waals surface area contributed by atoms with E-state index < -0.39 is 33.2 Å². The molecule has 0 fully saturated rings. The topological polar surface area (TPSA) is 139 Å². The van der Waals surface area contributed by atoms with Gasteiger partial charge in [-0.2, -0.15) is 0 Å². The van der Waals surface area contributed by atoms with Crippen molar-refractivity contribution in [2.24, 2.45) is 5.73 Å². The number of carbonyl (C=O) groups excluding carboxylic acids is 1. The predicted octanol–water partition coefficient (Wildman–Crippen LogP) is 4.25. The van der Waals surface area contributed by atoms with Crippen molar-refractivity contribution in [3.63, 3.8) is 0 Å². The summed E-state index contributed by atoms with van der Waals surface area (Å²) >= 11 is 0. The SMILES string of the molecule is CCCCCCCCCCCCCCCCCC(=O)C(CN)OP(=O)(O)OC[C@H](O)CO.[Na]. The van der Waals surface area contributed by atoms with Crippen LogP contribution in [0, 0.1) is 0 Å². The molecule has 193 valence electrons. The first-order valence-electron chi connectivity index (χ1n) is 12.5. The molecule has 0 aliphatic heterocycles. The predicted molar refractivity (Wildman–Crippen MR) is 133 cm³/mol. The molecule has 33 heavy (non-hydrogen) atoms. The summed E-state index contributed by atoms with van der Waals surface area (Å²) in [6.45, 7) is 0.832. The van der Waals surface area contributed by atoms with Gasteiger partial charge < -0.3 is 20.8 Å². The summed E-state index contributed by atoms with van der Waals surface area (Å²) in [6.07, 6.45) is 16.3. The van der Waals surface area contributed by atoms with Crippen LogP contribution in [0.15, 0.2) is 0 Å². The van der Waals surface area contributed by atoms with Crippen LogP contribution in [0.5, 0.6) is 0 Å². The Morgan fingerprint density at radius 2 is 1.30 bits per heavy atom. The number of hydrogen-bond acceptors (Lipinski definition) is 7. The van der Waals surface area contributed by atoms with Gasteiger partial charge in [0.25, 0.3) is 0 Å². The smallest absolute Gasteiger partial charge is 0.394 e. The molecule has 0 saturated heterocycles. The fraction of sp³-hybridized carbons (Fsp3) is 0.957. The zero-order chi connectivity index (χ0) is 24.1. The number of carbonyl (C=O) groups is 1. The first-order valence-corrected chi connectivity index (χ1v) is 14.0. The second kappa shape index (κ2) is 24.4. The molecule has 5 N–H and O–H groups in total. The molecule has 0 bridgehead atoms. The van der Waals surface area contributed by atoms with Gasteiger partial charge in [0, 0.05) is 42.5 Å². The summed E-state index contributed by atoms with van der Waals surface area (Å²) < 4.78 is 21.2. The van der Waals surface area contributed by atoms with Crippen molar-refractivity contribution < 1.29 is 33.5 Å². The number of aliphatic hydroxyl groups excluding tert-OH is 2. The van der Waals surface area contributed by atoms with Crippen molar-refractivity contribution in [3.05, 3.63) is 0 Å². The van der Waals surface area contributed by atoms with Crippen LogP contribution >= 0.6 is 7.82 Å². The fourth-order valence-electron chi connectivity index (χ4n) is 3.49. The van der Waals surface area contributed by atoms with Gasteiger partial charge in [0.05, 0.1) is 13.2 Å². The summed E-state index contributed by atoms with van der Waals surface area (Å²) in [6, 6.07) is 0. The Kier molecular flexibility index (Phi) is 26.4. The number of aliphatic hydroxyl groups is 2. The Labute approximate surface area is 223 Å². The maximum atomic E-state index is 12.2. The van der Waals surface area contributed by atoms with Crippen molar-refractivity contribution >= 4 is 43.2 Å². The third kappa shape index (κ3) is 22.8. The standard InChI is InChI=1S/C23H48NO7P.Na/c1-2-3-4-5-6-7-8-9-10-11-12-13-14-15-16-17-22(27)23(18-24)31-32(28,29)30-20-21(26)19-25;/h21,23,25-26H,2-20,24H2,1H3,(H,28,29);/t21-,23?;/m1./s1. The molecule has 0 spiro atoms. The number of rotatable bonds is 24. The number of phosphoric ester groups is 1. The molecular formula is C23H48NNaO7P. The van der Waals surface area contributed by atoms with Crippen molar-refractivity contribution in [1.82, 2.24) is 0 Å². The van der Waals surface area contributed by atoms with Gasteiger partial charge in [-0.05, 0) is 6.42 Å². The van der Waals surface area contributed by atoms with Crippen LogP contribution in [-0.2, 0) is 18.4 Å². The molecule has 2 unspecified atom stereocenters. The third-order valence-electron chi connectivity index (χ3n) is 5.50. The Morgan fingerprint density at radius 1 is 0.879 bits per heavy atom. The van der Waals surface area contributed by atoms with Crippen molar-refractivity contribution in [2.75, 3.05) is 19.8 Å². The Morgan fingerprint density at radius 3 is 1.70 bits per heavy atom. The van der Waals surface area contributed by atoms with Crippen LogP contribution in [0.3, 0.4) is 0 Å². The maximum absolute atomic E-state index is 12.2. The van der Waals surface area contributed by atoms with Crippen LogP contribution in [0.1, 0.15) is 110 Å². The van der Waals surface area contributed by atoms with Crippen molar-refractivity contribution in [3.8, 4) is 0 Å². The van der Waals surface area contributed by atoms with E-state index in [4.69, 9.17) is 20.5 Å². The second-order valence-corrected chi connectivity index (χ2v) is 10.0. The van der Waals surface area contributed by atoms with Gasteiger partial charge >= 0.3 is 7.82 Å². The van der Waals surface area contributed by atoms with Crippen LogP contribution in [-0.4, -0.2) is 82.4 Å². The van der Waals surface area contributed by atoms with Crippen LogP contribution < -0.4 is 5.73 Å². The van der Waals surface area contributed by atoms with E-state index in [2.05, 4.69) is 11.4 Å². The zero-order valence-corrected chi connectivity index (χ0v) is 24.0. The first kappa shape index (κ1) is 35.8. The average molecular weight is 505 g/mol. The summed E-state index contributed by atoms with van der Waals surface area (Å²) in [5.74, 6) is -0.331. The number of nitrogens with two attached hydrogens (primary N) is 1. The molecule has 0 aromatic heterocycles. The zero-order valence-electron chi connectivity index (χ0n) is 21.1. The van der Waals surface area contributed by atoms with E-state index in [-0.39, 0.29) is 48.3 Å². The van der Waals surface area contributed by atoms with Gasteiger partial charge in [-0.3, -0.25) is 13.8 Å². The minimum atomic E-state index is -4.53.